The minimum Gasteiger partial charge on any atom is -0.383 e. The molecule has 1 saturated heterocycles. The highest BCUT2D eigenvalue weighted by Crippen LogP contribution is 2.23. The number of fused-ring (bicyclic) bond motifs is 1. The molecule has 180 valence electrons. The van der Waals surface area contributed by atoms with Gasteiger partial charge in [0.1, 0.15) is 17.3 Å². The van der Waals surface area contributed by atoms with Gasteiger partial charge in [-0.2, -0.15) is 0 Å². The molecular weight excluding hydrogens is 436 g/mol. The van der Waals surface area contributed by atoms with Crippen molar-refractivity contribution in [3.8, 4) is 0 Å². The molecule has 7 heteroatoms. The van der Waals surface area contributed by atoms with E-state index in [-0.39, 0.29) is 5.91 Å². The average Bonchev–Trinajstić information content (AvgIpc) is 3.52. The number of hydrogen-bond acceptors (Lipinski definition) is 5. The van der Waals surface area contributed by atoms with Crippen LogP contribution in [0.5, 0.6) is 0 Å². The number of aryl methyl sites for hydroxylation is 1. The van der Waals surface area contributed by atoms with Gasteiger partial charge in [0.15, 0.2) is 0 Å². The number of anilines is 2. The van der Waals surface area contributed by atoms with E-state index in [2.05, 4.69) is 45.7 Å². The average molecular weight is 469 g/mol. The second kappa shape index (κ2) is 9.78. The molecule has 7 nitrogen and oxygen atoms in total. The predicted molar refractivity (Wildman–Crippen MR) is 141 cm³/mol. The zero-order chi connectivity index (χ0) is 24.4. The number of pyridine rings is 2. The molecule has 1 aliphatic rings. The Morgan fingerprint density at radius 3 is 2.60 bits per heavy atom. The molecule has 4 aromatic rings. The third-order valence-corrected chi connectivity index (χ3v) is 6.90. The molecule has 1 amide bonds. The van der Waals surface area contributed by atoms with Crippen molar-refractivity contribution < 1.29 is 4.79 Å². The van der Waals surface area contributed by atoms with Crippen LogP contribution in [-0.4, -0.2) is 33.5 Å². The van der Waals surface area contributed by atoms with Crippen LogP contribution in [0.25, 0.3) is 10.8 Å². The number of carbonyl (C=O) groups excluding carboxylic acids is 1. The molecular formula is C28H32N6O. The molecule has 5 rings (SSSR count). The Morgan fingerprint density at radius 1 is 1.06 bits per heavy atom. The highest BCUT2D eigenvalue weighted by Gasteiger charge is 2.18. The van der Waals surface area contributed by atoms with Gasteiger partial charge in [0.05, 0.1) is 0 Å². The maximum Gasteiger partial charge on any atom is 0.268 e. The summed E-state index contributed by atoms with van der Waals surface area (Å²) in [5.74, 6) is 1.50. The van der Waals surface area contributed by atoms with E-state index in [1.807, 2.05) is 36.5 Å². The maximum atomic E-state index is 13.1. The predicted octanol–water partition coefficient (Wildman–Crippen LogP) is 4.46. The SMILES string of the molecule is CCn1c(C(=O)NCc2ccc3c(N)nccc3c2)cc(C)c1Cc1ccc(N2CCCC2)nc1. The fraction of sp³-hybridized carbons (Fsp3) is 0.321. The number of nitrogen functional groups attached to an aromatic ring is 1. The van der Waals surface area contributed by atoms with E-state index in [1.165, 1.54) is 12.8 Å². The summed E-state index contributed by atoms with van der Waals surface area (Å²) in [6.07, 6.45) is 6.91. The number of nitrogens with two attached hydrogens (primary N) is 1. The quantitative estimate of drug-likeness (QED) is 0.418. The number of nitrogens with one attached hydrogen (secondary N) is 1. The van der Waals surface area contributed by atoms with E-state index in [0.29, 0.717) is 18.1 Å². The van der Waals surface area contributed by atoms with E-state index in [9.17, 15) is 4.79 Å². The summed E-state index contributed by atoms with van der Waals surface area (Å²) < 4.78 is 2.12. The number of hydrogen-bond donors (Lipinski definition) is 2. The first kappa shape index (κ1) is 22.9. The molecule has 0 atom stereocenters. The van der Waals surface area contributed by atoms with Crippen LogP contribution in [0.4, 0.5) is 11.6 Å². The van der Waals surface area contributed by atoms with Gasteiger partial charge in [-0.15, -0.1) is 0 Å². The summed E-state index contributed by atoms with van der Waals surface area (Å²) in [5, 5.41) is 5.03. The van der Waals surface area contributed by atoms with Gasteiger partial charge in [-0.05, 0) is 73.0 Å². The lowest BCUT2D eigenvalue weighted by Gasteiger charge is -2.16. The summed E-state index contributed by atoms with van der Waals surface area (Å²) in [7, 11) is 0. The minimum absolute atomic E-state index is 0.0713. The molecule has 35 heavy (non-hydrogen) atoms. The number of carbonyl (C=O) groups is 1. The van der Waals surface area contributed by atoms with E-state index in [4.69, 9.17) is 10.7 Å². The standard InChI is InChI=1S/C28H32N6O/c1-3-34-24(16-21-7-9-26(31-17-21)33-12-4-5-13-33)19(2)14-25(34)28(35)32-18-20-6-8-23-22(15-20)10-11-30-27(23)29/h6-11,14-15,17H,3-5,12-13,16,18H2,1-2H3,(H2,29,30)(H,32,35). The van der Waals surface area contributed by atoms with Crippen LogP contribution in [0.15, 0.2) is 54.9 Å². The largest absolute Gasteiger partial charge is 0.383 e. The normalized spacial score (nSPS) is 13.5. The van der Waals surface area contributed by atoms with Crippen molar-refractivity contribution in [2.75, 3.05) is 23.7 Å². The van der Waals surface area contributed by atoms with E-state index in [0.717, 1.165) is 65.0 Å². The van der Waals surface area contributed by atoms with Crippen molar-refractivity contribution >= 4 is 28.3 Å². The van der Waals surface area contributed by atoms with Crippen molar-refractivity contribution in [1.29, 1.82) is 0 Å². The van der Waals surface area contributed by atoms with Gasteiger partial charge < -0.3 is 20.5 Å². The maximum absolute atomic E-state index is 13.1. The van der Waals surface area contributed by atoms with Gasteiger partial charge in [0.2, 0.25) is 0 Å². The van der Waals surface area contributed by atoms with Crippen molar-refractivity contribution in [3.05, 3.63) is 82.9 Å². The number of benzene rings is 1. The minimum atomic E-state index is -0.0713. The Balaban J connectivity index is 1.30. The molecule has 0 radical (unpaired) electrons. The van der Waals surface area contributed by atoms with Gasteiger partial charge in [-0.1, -0.05) is 18.2 Å². The molecule has 1 aliphatic heterocycles. The molecule has 0 aliphatic carbocycles. The van der Waals surface area contributed by atoms with Crippen LogP contribution in [0, 0.1) is 6.92 Å². The van der Waals surface area contributed by atoms with Crippen LogP contribution >= 0.6 is 0 Å². The van der Waals surface area contributed by atoms with Gasteiger partial charge in [0.25, 0.3) is 5.91 Å². The summed E-state index contributed by atoms with van der Waals surface area (Å²) in [5.41, 5.74) is 11.1. The first-order valence-corrected chi connectivity index (χ1v) is 12.3. The van der Waals surface area contributed by atoms with Crippen molar-refractivity contribution in [3.63, 3.8) is 0 Å². The molecule has 0 bridgehead atoms. The second-order valence-electron chi connectivity index (χ2n) is 9.23. The van der Waals surface area contributed by atoms with Crippen LogP contribution in [0.1, 0.15) is 52.6 Å². The topological polar surface area (TPSA) is 89.1 Å². The molecule has 0 saturated carbocycles. The first-order valence-electron chi connectivity index (χ1n) is 12.3. The number of nitrogens with zero attached hydrogens (tertiary/aromatic N) is 4. The lowest BCUT2D eigenvalue weighted by atomic mass is 10.1. The highest BCUT2D eigenvalue weighted by atomic mass is 16.1. The van der Waals surface area contributed by atoms with Gasteiger partial charge in [-0.25, -0.2) is 9.97 Å². The van der Waals surface area contributed by atoms with Crippen LogP contribution < -0.4 is 16.0 Å². The Kier molecular flexibility index (Phi) is 6.40. The lowest BCUT2D eigenvalue weighted by Crippen LogP contribution is -2.25. The lowest BCUT2D eigenvalue weighted by molar-refractivity contribution is 0.0941. The molecule has 0 unspecified atom stereocenters. The Labute approximate surface area is 206 Å². The monoisotopic (exact) mass is 468 g/mol. The third-order valence-electron chi connectivity index (χ3n) is 6.90. The first-order chi connectivity index (χ1) is 17.0. The van der Waals surface area contributed by atoms with Gasteiger partial charge in [0, 0.05) is 56.1 Å². The highest BCUT2D eigenvalue weighted by molar-refractivity contribution is 5.94. The van der Waals surface area contributed by atoms with Gasteiger partial charge in [-0.3, -0.25) is 4.79 Å². The Bertz CT molecular complexity index is 1350. The van der Waals surface area contributed by atoms with E-state index in [1.54, 1.807) is 6.20 Å². The Morgan fingerprint density at radius 2 is 1.86 bits per heavy atom. The van der Waals surface area contributed by atoms with Crippen molar-refractivity contribution in [1.82, 2.24) is 19.9 Å². The van der Waals surface area contributed by atoms with E-state index >= 15 is 0 Å². The third kappa shape index (κ3) is 4.71. The van der Waals surface area contributed by atoms with Crippen LogP contribution in [0.3, 0.4) is 0 Å². The fourth-order valence-corrected chi connectivity index (χ4v) is 4.99. The molecule has 0 spiro atoms. The van der Waals surface area contributed by atoms with Crippen molar-refractivity contribution in [2.45, 2.75) is 46.2 Å². The summed E-state index contributed by atoms with van der Waals surface area (Å²) in [6.45, 7) is 7.51. The Hall–Kier alpha value is -3.87. The molecule has 1 fully saturated rings. The number of rotatable bonds is 7. The van der Waals surface area contributed by atoms with E-state index < -0.39 is 0 Å². The summed E-state index contributed by atoms with van der Waals surface area (Å²) in [4.78, 5) is 24.3. The number of aromatic nitrogens is 3. The molecule has 3 aromatic heterocycles. The summed E-state index contributed by atoms with van der Waals surface area (Å²) in [6, 6.07) is 14.2. The zero-order valence-electron chi connectivity index (χ0n) is 20.4. The zero-order valence-corrected chi connectivity index (χ0v) is 20.4. The summed E-state index contributed by atoms with van der Waals surface area (Å²) >= 11 is 0. The van der Waals surface area contributed by atoms with Crippen molar-refractivity contribution in [2.24, 2.45) is 0 Å². The second-order valence-corrected chi connectivity index (χ2v) is 9.23. The molecule has 3 N–H and O–H groups in total. The van der Waals surface area contributed by atoms with Crippen LogP contribution in [-0.2, 0) is 19.5 Å². The van der Waals surface area contributed by atoms with Crippen LogP contribution in [0.2, 0.25) is 0 Å². The molecule has 4 heterocycles. The van der Waals surface area contributed by atoms with Gasteiger partial charge >= 0.3 is 0 Å². The molecule has 1 aromatic carbocycles. The smallest absolute Gasteiger partial charge is 0.268 e. The fourth-order valence-electron chi connectivity index (χ4n) is 4.99. The number of amides is 1.